The van der Waals surface area contributed by atoms with Gasteiger partial charge in [0.1, 0.15) is 16.3 Å². The number of thioether (sulfide) groups is 1. The molecule has 7 nitrogen and oxygen atoms in total. The van der Waals surface area contributed by atoms with E-state index in [-0.39, 0.29) is 23.3 Å². The van der Waals surface area contributed by atoms with Crippen molar-refractivity contribution >= 4 is 51.6 Å². The van der Waals surface area contributed by atoms with Crippen LogP contribution in [0.25, 0.3) is 21.7 Å². The molecule has 0 unspecified atom stereocenters. The summed E-state index contributed by atoms with van der Waals surface area (Å²) in [6.07, 6.45) is 5.40. The monoisotopic (exact) mass is 556 g/mol. The van der Waals surface area contributed by atoms with Gasteiger partial charge < -0.3 is 10.1 Å². The van der Waals surface area contributed by atoms with Crippen LogP contribution in [0.15, 0.2) is 58.5 Å². The molecule has 0 aliphatic heterocycles. The molecule has 192 valence electrons. The Balaban J connectivity index is 1.58. The molecule has 1 N–H and O–H groups in total. The van der Waals surface area contributed by atoms with E-state index in [9.17, 15) is 14.0 Å². The lowest BCUT2D eigenvalue weighted by molar-refractivity contribution is -0.119. The largest absolute Gasteiger partial charge is 0.497 e. The molecule has 1 saturated carbocycles. The number of nitrogens with zero attached hydrogens (tertiary/aromatic N) is 3. The number of rotatable bonds is 7. The fraction of sp³-hybridized carbons (Fsp3) is 0.308. The van der Waals surface area contributed by atoms with Crippen molar-refractivity contribution < 1.29 is 13.9 Å². The summed E-state index contributed by atoms with van der Waals surface area (Å²) in [5.41, 5.74) is 1.25. The Hall–Kier alpha value is -3.02. The number of carbonyl (C=O) groups excluding carboxylic acids is 1. The number of carbonyl (C=O) groups is 1. The summed E-state index contributed by atoms with van der Waals surface area (Å²) >= 11 is 7.96. The topological polar surface area (TPSA) is 78.1 Å². The molecule has 4 aromatic rings. The van der Waals surface area contributed by atoms with E-state index in [1.54, 1.807) is 11.7 Å². The van der Waals surface area contributed by atoms with Gasteiger partial charge in [0, 0.05) is 12.1 Å². The standard InChI is InChI=1S/C26H25FN4O3S3/c1-34-20-9-5-8-19(14-20)30-23-22(37-26(30)35)24(33)31(18-12-10-16(27)11-13-18)25(29-23)36-15-21(32)28-17-6-3-2-4-7-17/h5,8-14,17H,2-4,6-7,15H2,1H3,(H,28,32). The summed E-state index contributed by atoms with van der Waals surface area (Å²) in [6, 6.07) is 13.2. The van der Waals surface area contributed by atoms with Crippen molar-refractivity contribution in [2.75, 3.05) is 12.9 Å². The molecule has 0 radical (unpaired) electrons. The molecule has 37 heavy (non-hydrogen) atoms. The lowest BCUT2D eigenvalue weighted by Crippen LogP contribution is -2.37. The van der Waals surface area contributed by atoms with Gasteiger partial charge in [0.2, 0.25) is 5.91 Å². The Kier molecular flexibility index (Phi) is 7.73. The van der Waals surface area contributed by atoms with Crippen LogP contribution in [-0.4, -0.2) is 38.9 Å². The number of halogens is 1. The van der Waals surface area contributed by atoms with Crippen LogP contribution in [0, 0.1) is 9.77 Å². The number of ether oxygens (including phenoxy) is 1. The van der Waals surface area contributed by atoms with Gasteiger partial charge in [0.05, 0.1) is 24.2 Å². The number of thiazole rings is 1. The summed E-state index contributed by atoms with van der Waals surface area (Å²) < 4.78 is 23.0. The molecule has 2 heterocycles. The molecule has 0 spiro atoms. The number of fused-ring (bicyclic) bond motifs is 1. The molecule has 2 aromatic carbocycles. The molecule has 1 aliphatic carbocycles. The van der Waals surface area contributed by atoms with E-state index in [1.165, 1.54) is 47.0 Å². The Labute approximate surface area is 226 Å². The predicted octanol–water partition coefficient (Wildman–Crippen LogP) is 5.66. The normalized spacial score (nSPS) is 14.1. The SMILES string of the molecule is COc1cccc(-n2c(=S)sc3c(=O)n(-c4ccc(F)cc4)c(SCC(=O)NC4CCCCC4)nc32)c1. The third-order valence-electron chi connectivity index (χ3n) is 6.28. The van der Waals surface area contributed by atoms with Gasteiger partial charge in [-0.3, -0.25) is 18.7 Å². The first kappa shape index (κ1) is 25.6. The highest BCUT2D eigenvalue weighted by Crippen LogP contribution is 2.29. The molecular formula is C26H25FN4O3S3. The number of benzene rings is 2. The Morgan fingerprint density at radius 3 is 2.65 bits per heavy atom. The van der Waals surface area contributed by atoms with Crippen LogP contribution < -0.4 is 15.6 Å². The number of nitrogens with one attached hydrogen (secondary N) is 1. The molecule has 0 bridgehead atoms. The van der Waals surface area contributed by atoms with Crippen molar-refractivity contribution in [2.45, 2.75) is 43.3 Å². The van der Waals surface area contributed by atoms with Crippen LogP contribution in [0.1, 0.15) is 32.1 Å². The molecule has 2 aromatic heterocycles. The van der Waals surface area contributed by atoms with Gasteiger partial charge in [-0.25, -0.2) is 9.37 Å². The fourth-order valence-corrected chi connectivity index (χ4v) is 6.59. The Bertz CT molecular complexity index is 1560. The summed E-state index contributed by atoms with van der Waals surface area (Å²) in [5.74, 6) is 0.227. The average molecular weight is 557 g/mol. The maximum Gasteiger partial charge on any atom is 0.278 e. The molecule has 1 aliphatic rings. The molecular weight excluding hydrogens is 532 g/mol. The van der Waals surface area contributed by atoms with E-state index >= 15 is 0 Å². The third-order valence-corrected chi connectivity index (χ3v) is 8.57. The zero-order valence-electron chi connectivity index (χ0n) is 20.1. The molecule has 0 saturated heterocycles. The second-order valence-electron chi connectivity index (χ2n) is 8.76. The number of aromatic nitrogens is 3. The van der Waals surface area contributed by atoms with E-state index in [1.807, 2.05) is 24.3 Å². The summed E-state index contributed by atoms with van der Waals surface area (Å²) in [5, 5.41) is 3.43. The number of hydrogen-bond acceptors (Lipinski definition) is 7. The van der Waals surface area contributed by atoms with E-state index in [0.717, 1.165) is 37.0 Å². The zero-order valence-corrected chi connectivity index (χ0v) is 22.6. The van der Waals surface area contributed by atoms with E-state index in [2.05, 4.69) is 5.32 Å². The van der Waals surface area contributed by atoms with Gasteiger partial charge >= 0.3 is 0 Å². The highest BCUT2D eigenvalue weighted by Gasteiger charge is 2.21. The third kappa shape index (κ3) is 5.48. The van der Waals surface area contributed by atoms with Gasteiger partial charge in [-0.1, -0.05) is 48.4 Å². The van der Waals surface area contributed by atoms with Gasteiger partial charge in [-0.15, -0.1) is 0 Å². The molecule has 1 amide bonds. The van der Waals surface area contributed by atoms with Crippen LogP contribution in [0.3, 0.4) is 0 Å². The van der Waals surface area contributed by atoms with Crippen LogP contribution in [0.4, 0.5) is 4.39 Å². The predicted molar refractivity (Wildman–Crippen MR) is 148 cm³/mol. The Morgan fingerprint density at radius 1 is 1.16 bits per heavy atom. The first-order valence-corrected chi connectivity index (χ1v) is 14.2. The lowest BCUT2D eigenvalue weighted by Gasteiger charge is -2.22. The van der Waals surface area contributed by atoms with Crippen LogP contribution in [0.5, 0.6) is 5.75 Å². The van der Waals surface area contributed by atoms with Crippen molar-refractivity contribution in [2.24, 2.45) is 0 Å². The zero-order chi connectivity index (χ0) is 25.9. The van der Waals surface area contributed by atoms with Crippen molar-refractivity contribution in [3.63, 3.8) is 0 Å². The first-order valence-electron chi connectivity index (χ1n) is 12.0. The molecule has 0 atom stereocenters. The minimum atomic E-state index is -0.410. The highest BCUT2D eigenvalue weighted by atomic mass is 32.2. The molecule has 11 heteroatoms. The van der Waals surface area contributed by atoms with Crippen molar-refractivity contribution in [3.05, 3.63) is 68.7 Å². The van der Waals surface area contributed by atoms with Crippen LogP contribution in [-0.2, 0) is 4.79 Å². The van der Waals surface area contributed by atoms with Gasteiger partial charge in [0.25, 0.3) is 5.56 Å². The smallest absolute Gasteiger partial charge is 0.278 e. The molecule has 1 fully saturated rings. The van der Waals surface area contributed by atoms with Gasteiger partial charge in [0.15, 0.2) is 14.8 Å². The van der Waals surface area contributed by atoms with E-state index < -0.39 is 5.82 Å². The summed E-state index contributed by atoms with van der Waals surface area (Å²) in [7, 11) is 1.58. The van der Waals surface area contributed by atoms with Crippen LogP contribution in [0.2, 0.25) is 0 Å². The van der Waals surface area contributed by atoms with Crippen molar-refractivity contribution in [1.29, 1.82) is 0 Å². The van der Waals surface area contributed by atoms with Gasteiger partial charge in [-0.05, 0) is 61.5 Å². The first-order chi connectivity index (χ1) is 17.9. The lowest BCUT2D eigenvalue weighted by atomic mass is 9.95. The minimum absolute atomic E-state index is 0.0969. The fourth-order valence-electron chi connectivity index (χ4n) is 4.47. The minimum Gasteiger partial charge on any atom is -0.497 e. The van der Waals surface area contributed by atoms with Crippen LogP contribution >= 0.6 is 35.3 Å². The maximum absolute atomic E-state index is 13.8. The molecule has 5 rings (SSSR count). The summed E-state index contributed by atoms with van der Waals surface area (Å²) in [4.78, 5) is 31.3. The van der Waals surface area contributed by atoms with Crippen molar-refractivity contribution in [1.82, 2.24) is 19.4 Å². The highest BCUT2D eigenvalue weighted by molar-refractivity contribution is 7.99. The average Bonchev–Trinajstić information content (AvgIpc) is 3.25. The number of methoxy groups -OCH3 is 1. The van der Waals surface area contributed by atoms with E-state index in [4.69, 9.17) is 21.9 Å². The quantitative estimate of drug-likeness (QED) is 0.180. The van der Waals surface area contributed by atoms with E-state index in [0.29, 0.717) is 36.6 Å². The van der Waals surface area contributed by atoms with Gasteiger partial charge in [-0.2, -0.15) is 0 Å². The second-order valence-corrected chi connectivity index (χ2v) is 11.3. The Morgan fingerprint density at radius 2 is 1.92 bits per heavy atom. The second kappa shape index (κ2) is 11.2. The number of amides is 1. The van der Waals surface area contributed by atoms with Crippen molar-refractivity contribution in [3.8, 4) is 17.1 Å². The summed E-state index contributed by atoms with van der Waals surface area (Å²) in [6.45, 7) is 0. The number of hydrogen-bond donors (Lipinski definition) is 1. The maximum atomic E-state index is 13.8.